The van der Waals surface area contributed by atoms with Crippen molar-refractivity contribution in [1.82, 2.24) is 0 Å². The Hall–Kier alpha value is -1.31. The lowest BCUT2D eigenvalue weighted by atomic mass is 10.3. The van der Waals surface area contributed by atoms with E-state index in [1.807, 2.05) is 0 Å². The fourth-order valence-corrected chi connectivity index (χ4v) is 1.45. The normalized spacial score (nSPS) is 13.2. The average molecular weight is 314 g/mol. The van der Waals surface area contributed by atoms with E-state index in [-0.39, 0.29) is 4.47 Å². The Morgan fingerprint density at radius 3 is 2.53 bits per heavy atom. The minimum absolute atomic E-state index is 0.0998. The molecule has 0 saturated carbocycles. The summed E-state index contributed by atoms with van der Waals surface area (Å²) >= 11 is 2.91. The van der Waals surface area contributed by atoms with Gasteiger partial charge >= 0.3 is 11.9 Å². The van der Waals surface area contributed by atoms with E-state index in [0.717, 1.165) is 13.0 Å². The molecule has 0 unspecified atom stereocenters. The van der Waals surface area contributed by atoms with Crippen LogP contribution < -0.4 is 4.74 Å². The molecule has 0 saturated heterocycles. The summed E-state index contributed by atoms with van der Waals surface area (Å²) < 4.78 is 41.6. The molecule has 0 aliphatic heterocycles. The number of nitro groups is 1. The lowest BCUT2D eigenvalue weighted by Gasteiger charge is -2.18. The second-order valence-corrected chi connectivity index (χ2v) is 4.00. The number of para-hydroxylation sites is 1. The molecule has 4 nitrogen and oxygen atoms in total. The highest BCUT2D eigenvalue weighted by Crippen LogP contribution is 2.37. The predicted molar refractivity (Wildman–Crippen MR) is 56.9 cm³/mol. The maximum atomic E-state index is 12.3. The Labute approximate surface area is 103 Å². The molecule has 0 aromatic heterocycles. The molecule has 0 radical (unpaired) electrons. The smallest absolute Gasteiger partial charge is 0.425 e. The molecule has 0 amide bonds. The van der Waals surface area contributed by atoms with Gasteiger partial charge in [0.2, 0.25) is 5.75 Å². The van der Waals surface area contributed by atoms with E-state index in [9.17, 15) is 23.3 Å². The molecule has 1 aromatic rings. The first kappa shape index (κ1) is 13.8. The van der Waals surface area contributed by atoms with Gasteiger partial charge in [0.1, 0.15) is 0 Å². The standard InChI is InChI=1S/C9H7BrF3NO3/c1-5(9(11,12)13)17-8-6(10)3-2-4-7(8)14(15)16/h2-5H,1H3/t5-/m0/s1. The van der Waals surface area contributed by atoms with Crippen LogP contribution in [-0.4, -0.2) is 17.2 Å². The zero-order valence-corrected chi connectivity index (χ0v) is 10.1. The van der Waals surface area contributed by atoms with Gasteiger partial charge in [0.25, 0.3) is 0 Å². The van der Waals surface area contributed by atoms with Crippen LogP contribution in [0.1, 0.15) is 6.92 Å². The molecule has 0 spiro atoms. The number of halogens is 4. The van der Waals surface area contributed by atoms with E-state index < -0.39 is 28.6 Å². The van der Waals surface area contributed by atoms with E-state index in [2.05, 4.69) is 20.7 Å². The van der Waals surface area contributed by atoms with Crippen molar-refractivity contribution in [3.05, 3.63) is 32.8 Å². The predicted octanol–water partition coefficient (Wildman–Crippen LogP) is 3.69. The molecule has 17 heavy (non-hydrogen) atoms. The maximum Gasteiger partial charge on any atom is 0.425 e. The van der Waals surface area contributed by atoms with Crippen molar-refractivity contribution in [3.8, 4) is 5.75 Å². The molecule has 1 aromatic carbocycles. The van der Waals surface area contributed by atoms with E-state index in [0.29, 0.717) is 0 Å². The van der Waals surface area contributed by atoms with Crippen LogP contribution in [0, 0.1) is 10.1 Å². The molecule has 94 valence electrons. The van der Waals surface area contributed by atoms with Crippen molar-refractivity contribution in [2.75, 3.05) is 0 Å². The number of nitro benzene ring substituents is 1. The largest absolute Gasteiger partial charge is 0.473 e. The molecule has 1 rings (SSSR count). The summed E-state index contributed by atoms with van der Waals surface area (Å²) in [6.45, 7) is 0.781. The van der Waals surface area contributed by atoms with Gasteiger partial charge in [-0.3, -0.25) is 10.1 Å². The molecule has 0 heterocycles. The lowest BCUT2D eigenvalue weighted by Crippen LogP contribution is -2.31. The SMILES string of the molecule is C[C@H](Oc1c(Br)cccc1[N+](=O)[O-])C(F)(F)F. The minimum atomic E-state index is -4.58. The number of alkyl halides is 3. The third kappa shape index (κ3) is 3.32. The quantitative estimate of drug-likeness (QED) is 0.631. The van der Waals surface area contributed by atoms with Crippen LogP contribution in [0.5, 0.6) is 5.75 Å². The number of nitrogens with zero attached hydrogens (tertiary/aromatic N) is 1. The van der Waals surface area contributed by atoms with Gasteiger partial charge in [-0.1, -0.05) is 6.07 Å². The Balaban J connectivity index is 3.09. The van der Waals surface area contributed by atoms with E-state index in [1.54, 1.807) is 0 Å². The van der Waals surface area contributed by atoms with E-state index in [4.69, 9.17) is 0 Å². The number of hydrogen-bond acceptors (Lipinski definition) is 3. The third-order valence-electron chi connectivity index (χ3n) is 1.90. The molecule has 0 aliphatic carbocycles. The van der Waals surface area contributed by atoms with Crippen molar-refractivity contribution in [3.63, 3.8) is 0 Å². The van der Waals surface area contributed by atoms with Gasteiger partial charge in [0.15, 0.2) is 6.10 Å². The van der Waals surface area contributed by atoms with Crippen molar-refractivity contribution in [2.24, 2.45) is 0 Å². The zero-order chi connectivity index (χ0) is 13.2. The van der Waals surface area contributed by atoms with Gasteiger partial charge in [-0.25, -0.2) is 0 Å². The summed E-state index contributed by atoms with van der Waals surface area (Å²) in [6.07, 6.45) is -6.71. The molecule has 1 atom stereocenters. The molecule has 8 heteroatoms. The fourth-order valence-electron chi connectivity index (χ4n) is 1.00. The minimum Gasteiger partial charge on any atom is -0.473 e. The van der Waals surface area contributed by atoms with E-state index in [1.165, 1.54) is 12.1 Å². The van der Waals surface area contributed by atoms with Gasteiger partial charge in [-0.15, -0.1) is 0 Å². The highest BCUT2D eigenvalue weighted by atomic mass is 79.9. The summed E-state index contributed by atoms with van der Waals surface area (Å²) in [7, 11) is 0. The number of hydrogen-bond donors (Lipinski definition) is 0. The number of rotatable bonds is 3. The lowest BCUT2D eigenvalue weighted by molar-refractivity contribution is -0.386. The van der Waals surface area contributed by atoms with E-state index >= 15 is 0 Å². The van der Waals surface area contributed by atoms with Crippen molar-refractivity contribution < 1.29 is 22.8 Å². The maximum absolute atomic E-state index is 12.3. The van der Waals surface area contributed by atoms with Crippen LogP contribution in [0.2, 0.25) is 0 Å². The first-order valence-corrected chi connectivity index (χ1v) is 5.19. The molecular weight excluding hydrogens is 307 g/mol. The Morgan fingerprint density at radius 1 is 1.47 bits per heavy atom. The molecule has 0 fully saturated rings. The topological polar surface area (TPSA) is 52.4 Å². The highest BCUT2D eigenvalue weighted by molar-refractivity contribution is 9.10. The molecule has 0 aliphatic rings. The number of ether oxygens (including phenoxy) is 1. The van der Waals surface area contributed by atoms with Gasteiger partial charge in [0, 0.05) is 6.07 Å². The van der Waals surface area contributed by atoms with Crippen LogP contribution in [0.15, 0.2) is 22.7 Å². The summed E-state index contributed by atoms with van der Waals surface area (Å²) in [5, 5.41) is 10.6. The Kier molecular flexibility index (Phi) is 3.97. The van der Waals surface area contributed by atoms with Crippen molar-refractivity contribution in [1.29, 1.82) is 0 Å². The third-order valence-corrected chi connectivity index (χ3v) is 2.52. The van der Waals surface area contributed by atoms with Crippen LogP contribution in [-0.2, 0) is 0 Å². The molecular formula is C9H7BrF3NO3. The summed E-state index contributed by atoms with van der Waals surface area (Å²) in [6, 6.07) is 3.78. The molecule has 0 bridgehead atoms. The van der Waals surface area contributed by atoms with Gasteiger partial charge in [0.05, 0.1) is 9.40 Å². The second kappa shape index (κ2) is 4.91. The second-order valence-electron chi connectivity index (χ2n) is 3.15. The molecule has 0 N–H and O–H groups in total. The average Bonchev–Trinajstić information content (AvgIpc) is 2.18. The first-order chi connectivity index (χ1) is 7.73. The van der Waals surface area contributed by atoms with Gasteiger partial charge in [-0.2, -0.15) is 13.2 Å². The summed E-state index contributed by atoms with van der Waals surface area (Å²) in [5.74, 6) is -0.428. The summed E-state index contributed by atoms with van der Waals surface area (Å²) in [4.78, 5) is 9.83. The fraction of sp³-hybridized carbons (Fsp3) is 0.333. The van der Waals surface area contributed by atoms with Crippen LogP contribution in [0.4, 0.5) is 18.9 Å². The summed E-state index contributed by atoms with van der Waals surface area (Å²) in [5.41, 5.74) is -0.518. The van der Waals surface area contributed by atoms with Crippen molar-refractivity contribution >= 4 is 21.6 Å². The van der Waals surface area contributed by atoms with Crippen molar-refractivity contribution in [2.45, 2.75) is 19.2 Å². The Bertz CT molecular complexity index is 436. The van der Waals surface area contributed by atoms with Gasteiger partial charge < -0.3 is 4.74 Å². The van der Waals surface area contributed by atoms with Gasteiger partial charge in [-0.05, 0) is 28.9 Å². The number of benzene rings is 1. The van der Waals surface area contributed by atoms with Crippen LogP contribution >= 0.6 is 15.9 Å². The Morgan fingerprint density at radius 2 is 2.06 bits per heavy atom. The zero-order valence-electron chi connectivity index (χ0n) is 8.49. The first-order valence-electron chi connectivity index (χ1n) is 4.39. The monoisotopic (exact) mass is 313 g/mol. The van der Waals surface area contributed by atoms with Crippen LogP contribution in [0.25, 0.3) is 0 Å². The highest BCUT2D eigenvalue weighted by Gasteiger charge is 2.39. The van der Waals surface area contributed by atoms with Crippen LogP contribution in [0.3, 0.4) is 0 Å².